The zero-order valence-electron chi connectivity index (χ0n) is 12.8. The molecule has 0 aliphatic carbocycles. The van der Waals surface area contributed by atoms with Crippen molar-refractivity contribution in [1.29, 1.82) is 0 Å². The second-order valence-corrected chi connectivity index (χ2v) is 8.04. The number of thioether (sulfide) groups is 1. The topological polar surface area (TPSA) is 25.8 Å². The van der Waals surface area contributed by atoms with Gasteiger partial charge in [0.15, 0.2) is 0 Å². The van der Waals surface area contributed by atoms with Gasteiger partial charge in [-0.25, -0.2) is 14.4 Å². The summed E-state index contributed by atoms with van der Waals surface area (Å²) in [5.41, 5.74) is 1.29. The second kappa shape index (κ2) is 7.16. The number of aromatic nitrogens is 2. The number of rotatable bonds is 5. The molecule has 2 aromatic heterocycles. The van der Waals surface area contributed by atoms with E-state index in [4.69, 9.17) is 11.6 Å². The van der Waals surface area contributed by atoms with Crippen molar-refractivity contribution in [3.05, 3.63) is 52.3 Å². The summed E-state index contributed by atoms with van der Waals surface area (Å²) in [7, 11) is 0. The van der Waals surface area contributed by atoms with Crippen molar-refractivity contribution in [3.8, 4) is 0 Å². The summed E-state index contributed by atoms with van der Waals surface area (Å²) in [6, 6.07) is 8.06. The van der Waals surface area contributed by atoms with Crippen LogP contribution in [0.15, 0.2) is 40.9 Å². The summed E-state index contributed by atoms with van der Waals surface area (Å²) >= 11 is 9.03. The third-order valence-corrected chi connectivity index (χ3v) is 5.83. The summed E-state index contributed by atoms with van der Waals surface area (Å²) in [5.74, 6) is 0.297. The van der Waals surface area contributed by atoms with Gasteiger partial charge in [-0.15, -0.1) is 11.3 Å². The third kappa shape index (κ3) is 3.84. The van der Waals surface area contributed by atoms with E-state index in [1.54, 1.807) is 13.3 Å². The highest BCUT2D eigenvalue weighted by Crippen LogP contribution is 2.33. The normalized spacial score (nSPS) is 14.1. The molecule has 2 heterocycles. The van der Waals surface area contributed by atoms with E-state index < -0.39 is 5.50 Å². The average molecular weight is 367 g/mol. The predicted molar refractivity (Wildman–Crippen MR) is 97.4 cm³/mol. The fourth-order valence-electron chi connectivity index (χ4n) is 2.52. The van der Waals surface area contributed by atoms with Gasteiger partial charge in [-0.3, -0.25) is 0 Å². The van der Waals surface area contributed by atoms with E-state index in [0.29, 0.717) is 5.92 Å². The predicted octanol–water partition coefficient (Wildman–Crippen LogP) is 6.10. The molecule has 0 fully saturated rings. The van der Waals surface area contributed by atoms with Gasteiger partial charge in [0.25, 0.3) is 0 Å². The molecule has 2 unspecified atom stereocenters. The van der Waals surface area contributed by atoms with E-state index in [0.717, 1.165) is 32.2 Å². The molecular weight excluding hydrogens is 351 g/mol. The molecule has 2 nitrogen and oxygen atoms in total. The van der Waals surface area contributed by atoms with Crippen LogP contribution in [0.25, 0.3) is 10.2 Å². The maximum absolute atomic E-state index is 13.0. The van der Waals surface area contributed by atoms with Crippen molar-refractivity contribution < 1.29 is 4.39 Å². The molecule has 0 aliphatic rings. The largest absolute Gasteiger partial charge is 0.241 e. The lowest BCUT2D eigenvalue weighted by atomic mass is 9.95. The number of hydrogen-bond acceptors (Lipinski definition) is 4. The van der Waals surface area contributed by atoms with E-state index in [1.165, 1.54) is 28.7 Å². The van der Waals surface area contributed by atoms with Crippen LogP contribution in [0, 0.1) is 0 Å². The summed E-state index contributed by atoms with van der Waals surface area (Å²) in [6.07, 6.45) is 2.39. The summed E-state index contributed by atoms with van der Waals surface area (Å²) in [4.78, 5) is 10.6. The first-order valence-electron chi connectivity index (χ1n) is 7.32. The molecule has 0 bridgehead atoms. The van der Waals surface area contributed by atoms with Gasteiger partial charge in [0.2, 0.25) is 0 Å². The SMILES string of the molecule is CC(F)Sc1ccc(C(C)Cc2ncnc3scc(Cl)c23)cc1. The molecule has 0 saturated heterocycles. The van der Waals surface area contributed by atoms with Gasteiger partial charge >= 0.3 is 0 Å². The fraction of sp³-hybridized carbons (Fsp3) is 0.294. The maximum atomic E-state index is 13.0. The maximum Gasteiger partial charge on any atom is 0.147 e. The third-order valence-electron chi connectivity index (χ3n) is 3.65. The molecule has 3 aromatic rings. The van der Waals surface area contributed by atoms with E-state index in [1.807, 2.05) is 17.5 Å². The van der Waals surface area contributed by atoms with Crippen LogP contribution in [-0.2, 0) is 6.42 Å². The van der Waals surface area contributed by atoms with Crippen molar-refractivity contribution in [2.45, 2.75) is 36.6 Å². The fourth-order valence-corrected chi connectivity index (χ4v) is 4.37. The molecule has 23 heavy (non-hydrogen) atoms. The van der Waals surface area contributed by atoms with E-state index >= 15 is 0 Å². The summed E-state index contributed by atoms with van der Waals surface area (Å²) in [5, 5.41) is 3.58. The van der Waals surface area contributed by atoms with E-state index in [2.05, 4.69) is 29.0 Å². The highest BCUT2D eigenvalue weighted by molar-refractivity contribution is 7.99. The number of halogens is 2. The van der Waals surface area contributed by atoms with Crippen molar-refractivity contribution in [2.75, 3.05) is 0 Å². The smallest absolute Gasteiger partial charge is 0.147 e. The Bertz CT molecular complexity index is 802. The Morgan fingerprint density at radius 1 is 1.22 bits per heavy atom. The summed E-state index contributed by atoms with van der Waals surface area (Å²) in [6.45, 7) is 3.71. The van der Waals surface area contributed by atoms with Crippen molar-refractivity contribution in [1.82, 2.24) is 9.97 Å². The van der Waals surface area contributed by atoms with Crippen LogP contribution < -0.4 is 0 Å². The van der Waals surface area contributed by atoms with Crippen LogP contribution >= 0.6 is 34.7 Å². The Balaban J connectivity index is 1.80. The van der Waals surface area contributed by atoms with E-state index in [-0.39, 0.29) is 0 Å². The Labute approximate surface area is 148 Å². The number of thiophene rings is 1. The average Bonchev–Trinajstić information content (AvgIpc) is 2.90. The molecule has 0 N–H and O–H groups in total. The first-order chi connectivity index (χ1) is 11.0. The molecule has 6 heteroatoms. The molecule has 120 valence electrons. The van der Waals surface area contributed by atoms with Gasteiger partial charge in [0, 0.05) is 10.3 Å². The Kier molecular flexibility index (Phi) is 5.19. The monoisotopic (exact) mass is 366 g/mol. The van der Waals surface area contributed by atoms with Gasteiger partial charge < -0.3 is 0 Å². The lowest BCUT2D eigenvalue weighted by Gasteiger charge is -2.13. The van der Waals surface area contributed by atoms with Crippen LogP contribution in [0.3, 0.4) is 0 Å². The minimum atomic E-state index is -0.895. The van der Waals surface area contributed by atoms with Gasteiger partial charge in [0.1, 0.15) is 16.7 Å². The van der Waals surface area contributed by atoms with Crippen LogP contribution in [0.4, 0.5) is 4.39 Å². The zero-order valence-corrected chi connectivity index (χ0v) is 15.2. The molecule has 0 saturated carbocycles. The first kappa shape index (κ1) is 16.7. The van der Waals surface area contributed by atoms with Crippen molar-refractivity contribution in [2.24, 2.45) is 0 Å². The van der Waals surface area contributed by atoms with Crippen LogP contribution in [-0.4, -0.2) is 15.5 Å². The number of alkyl halides is 1. The lowest BCUT2D eigenvalue weighted by Crippen LogP contribution is -2.01. The summed E-state index contributed by atoms with van der Waals surface area (Å²) < 4.78 is 13.0. The number of nitrogens with zero attached hydrogens (tertiary/aromatic N) is 2. The molecule has 3 rings (SSSR count). The Hall–Kier alpha value is -1.17. The van der Waals surface area contributed by atoms with Gasteiger partial charge in [-0.1, -0.05) is 42.4 Å². The van der Waals surface area contributed by atoms with Gasteiger partial charge in [0.05, 0.1) is 16.1 Å². The molecule has 2 atom stereocenters. The number of hydrogen-bond donors (Lipinski definition) is 0. The highest BCUT2D eigenvalue weighted by atomic mass is 35.5. The highest BCUT2D eigenvalue weighted by Gasteiger charge is 2.14. The van der Waals surface area contributed by atoms with Gasteiger partial charge in [-0.05, 0) is 37.0 Å². The number of benzene rings is 1. The van der Waals surface area contributed by atoms with Crippen LogP contribution in [0.2, 0.25) is 5.02 Å². The molecule has 0 spiro atoms. The minimum Gasteiger partial charge on any atom is -0.241 e. The molecule has 0 amide bonds. The Morgan fingerprint density at radius 3 is 2.65 bits per heavy atom. The molecule has 0 radical (unpaired) electrons. The van der Waals surface area contributed by atoms with E-state index in [9.17, 15) is 4.39 Å². The molecule has 0 aliphatic heterocycles. The van der Waals surface area contributed by atoms with Crippen molar-refractivity contribution >= 4 is 44.9 Å². The van der Waals surface area contributed by atoms with Crippen LogP contribution in [0.5, 0.6) is 0 Å². The van der Waals surface area contributed by atoms with Gasteiger partial charge in [-0.2, -0.15) is 0 Å². The minimum absolute atomic E-state index is 0.297. The van der Waals surface area contributed by atoms with Crippen molar-refractivity contribution in [3.63, 3.8) is 0 Å². The first-order valence-corrected chi connectivity index (χ1v) is 9.45. The quantitative estimate of drug-likeness (QED) is 0.510. The Morgan fingerprint density at radius 2 is 1.96 bits per heavy atom. The standard InChI is InChI=1S/C17H16ClFN2S2/c1-10(12-3-5-13(6-4-12)23-11(2)19)7-15-16-14(18)8-22-17(16)21-9-20-15/h3-6,8-11H,7H2,1-2H3. The zero-order chi connectivity index (χ0) is 16.4. The second-order valence-electron chi connectivity index (χ2n) is 5.42. The number of fused-ring (bicyclic) bond motifs is 1. The van der Waals surface area contributed by atoms with Crippen LogP contribution in [0.1, 0.15) is 31.0 Å². The lowest BCUT2D eigenvalue weighted by molar-refractivity contribution is 0.483. The molecule has 1 aromatic carbocycles. The molecular formula is C17H16ClFN2S2.